The second-order valence-electron chi connectivity index (χ2n) is 5.82. The lowest BCUT2D eigenvalue weighted by atomic mass is 10.2. The Morgan fingerprint density at radius 1 is 0.963 bits per heavy atom. The van der Waals surface area contributed by atoms with E-state index in [0.29, 0.717) is 12.1 Å². The molecule has 0 aliphatic heterocycles. The lowest BCUT2D eigenvalue weighted by Crippen LogP contribution is -2.14. The highest BCUT2D eigenvalue weighted by atomic mass is 32.2. The number of anilines is 2. The summed E-state index contributed by atoms with van der Waals surface area (Å²) in [7, 11) is 0. The number of non-ortho nitro benzene ring substituents is 1. The van der Waals surface area contributed by atoms with Crippen molar-refractivity contribution in [1.29, 1.82) is 0 Å². The van der Waals surface area contributed by atoms with Crippen molar-refractivity contribution in [2.45, 2.75) is 31.1 Å². The monoisotopic (exact) mass is 387 g/mol. The van der Waals surface area contributed by atoms with Gasteiger partial charge in [0.1, 0.15) is 0 Å². The van der Waals surface area contributed by atoms with Crippen molar-refractivity contribution in [3.63, 3.8) is 0 Å². The summed E-state index contributed by atoms with van der Waals surface area (Å²) in [6, 6.07) is 13.0. The predicted molar refractivity (Wildman–Crippen MR) is 107 cm³/mol. The minimum Gasteiger partial charge on any atom is -0.326 e. The number of nitro benzene ring substituents is 1. The summed E-state index contributed by atoms with van der Waals surface area (Å²) in [5, 5.41) is 16.1. The Morgan fingerprint density at radius 2 is 1.52 bits per heavy atom. The van der Waals surface area contributed by atoms with Crippen molar-refractivity contribution in [2.75, 3.05) is 16.4 Å². The van der Waals surface area contributed by atoms with Crippen molar-refractivity contribution < 1.29 is 14.5 Å². The van der Waals surface area contributed by atoms with Gasteiger partial charge >= 0.3 is 0 Å². The third-order valence-electron chi connectivity index (χ3n) is 3.63. The van der Waals surface area contributed by atoms with E-state index in [9.17, 15) is 19.7 Å². The second-order valence-corrected chi connectivity index (χ2v) is 6.87. The van der Waals surface area contributed by atoms with Crippen molar-refractivity contribution >= 4 is 40.6 Å². The SMILES string of the molecule is CCCCC(=O)Nc1ccc(SCC(=O)Nc2ccc([N+](=O)[O-])cc2)cc1. The molecule has 7 nitrogen and oxygen atoms in total. The average Bonchev–Trinajstić information content (AvgIpc) is 2.66. The Hall–Kier alpha value is -2.87. The summed E-state index contributed by atoms with van der Waals surface area (Å²) < 4.78 is 0. The fourth-order valence-corrected chi connectivity index (χ4v) is 2.91. The van der Waals surface area contributed by atoms with E-state index in [4.69, 9.17) is 0 Å². The molecule has 0 saturated carbocycles. The molecular formula is C19H21N3O4S. The van der Waals surface area contributed by atoms with Crippen molar-refractivity contribution in [3.8, 4) is 0 Å². The van der Waals surface area contributed by atoms with Crippen LogP contribution in [0.3, 0.4) is 0 Å². The van der Waals surface area contributed by atoms with Gasteiger partial charge in [-0.15, -0.1) is 11.8 Å². The Balaban J connectivity index is 1.79. The van der Waals surface area contributed by atoms with E-state index in [-0.39, 0.29) is 23.3 Å². The summed E-state index contributed by atoms with van der Waals surface area (Å²) in [6.45, 7) is 2.04. The molecule has 2 aromatic rings. The maximum absolute atomic E-state index is 12.0. The summed E-state index contributed by atoms with van der Waals surface area (Å²) in [6.07, 6.45) is 2.35. The van der Waals surface area contributed by atoms with Crippen LogP contribution in [0.25, 0.3) is 0 Å². The van der Waals surface area contributed by atoms with Crippen LogP contribution in [0.1, 0.15) is 26.2 Å². The quantitative estimate of drug-likeness (QED) is 0.376. The smallest absolute Gasteiger partial charge is 0.269 e. The fraction of sp³-hybridized carbons (Fsp3) is 0.263. The van der Waals surface area contributed by atoms with E-state index >= 15 is 0 Å². The molecule has 0 atom stereocenters. The molecule has 2 aromatic carbocycles. The molecule has 0 saturated heterocycles. The molecule has 0 aliphatic carbocycles. The van der Waals surface area contributed by atoms with Crippen molar-refractivity contribution in [2.24, 2.45) is 0 Å². The first-order valence-corrected chi connectivity index (χ1v) is 9.53. The van der Waals surface area contributed by atoms with Crippen LogP contribution >= 0.6 is 11.8 Å². The first-order chi connectivity index (χ1) is 13.0. The summed E-state index contributed by atoms with van der Waals surface area (Å²) in [5.41, 5.74) is 1.22. The minimum absolute atomic E-state index is 0.000251. The van der Waals surface area contributed by atoms with Gasteiger partial charge in [-0.05, 0) is 42.8 Å². The van der Waals surface area contributed by atoms with Crippen molar-refractivity contribution in [1.82, 2.24) is 0 Å². The molecule has 0 bridgehead atoms. The van der Waals surface area contributed by atoms with Crippen LogP contribution in [0.15, 0.2) is 53.4 Å². The van der Waals surface area contributed by atoms with Gasteiger partial charge in [-0.2, -0.15) is 0 Å². The molecule has 27 heavy (non-hydrogen) atoms. The number of benzene rings is 2. The summed E-state index contributed by atoms with van der Waals surface area (Å²) in [4.78, 5) is 34.7. The molecule has 0 radical (unpaired) electrons. The van der Waals surface area contributed by atoms with Gasteiger partial charge in [0.05, 0.1) is 10.7 Å². The normalized spacial score (nSPS) is 10.3. The molecule has 0 aromatic heterocycles. The third kappa shape index (κ3) is 7.10. The number of rotatable bonds is 9. The maximum Gasteiger partial charge on any atom is 0.269 e. The maximum atomic E-state index is 12.0. The number of nitrogens with one attached hydrogen (secondary N) is 2. The van der Waals surface area contributed by atoms with Gasteiger partial charge in [-0.3, -0.25) is 19.7 Å². The molecule has 2 amide bonds. The number of carbonyl (C=O) groups excluding carboxylic acids is 2. The first kappa shape index (κ1) is 20.4. The summed E-state index contributed by atoms with van der Waals surface area (Å²) in [5.74, 6) is 0.00432. The zero-order chi connectivity index (χ0) is 19.6. The van der Waals surface area contributed by atoms with Crippen LogP contribution in [0.5, 0.6) is 0 Å². The third-order valence-corrected chi connectivity index (χ3v) is 4.64. The lowest BCUT2D eigenvalue weighted by molar-refractivity contribution is -0.384. The number of nitro groups is 1. The average molecular weight is 387 g/mol. The van der Waals surface area contributed by atoms with E-state index in [1.807, 2.05) is 19.1 Å². The Kier molecular flexibility index (Phi) is 7.81. The number of hydrogen-bond donors (Lipinski definition) is 2. The van der Waals surface area contributed by atoms with Gasteiger partial charge in [0.15, 0.2) is 0 Å². The lowest BCUT2D eigenvalue weighted by Gasteiger charge is -2.07. The molecule has 142 valence electrons. The Morgan fingerprint density at radius 3 is 2.07 bits per heavy atom. The van der Waals surface area contributed by atoms with Crippen LogP contribution in [0, 0.1) is 10.1 Å². The fourth-order valence-electron chi connectivity index (χ4n) is 2.21. The number of hydrogen-bond acceptors (Lipinski definition) is 5. The number of unbranched alkanes of at least 4 members (excludes halogenated alkanes) is 1. The van der Waals surface area contributed by atoms with Gasteiger partial charge in [-0.25, -0.2) is 0 Å². The van der Waals surface area contributed by atoms with Gasteiger partial charge in [0, 0.05) is 34.8 Å². The highest BCUT2D eigenvalue weighted by molar-refractivity contribution is 8.00. The predicted octanol–water partition coefficient (Wildman–Crippen LogP) is 4.45. The molecule has 2 N–H and O–H groups in total. The molecule has 0 fully saturated rings. The first-order valence-electron chi connectivity index (χ1n) is 8.55. The molecule has 8 heteroatoms. The highest BCUT2D eigenvalue weighted by Crippen LogP contribution is 2.21. The molecule has 2 rings (SSSR count). The van der Waals surface area contributed by atoms with Gasteiger partial charge < -0.3 is 10.6 Å². The van der Waals surface area contributed by atoms with Crippen molar-refractivity contribution in [3.05, 3.63) is 58.6 Å². The summed E-state index contributed by atoms with van der Waals surface area (Å²) >= 11 is 1.36. The van der Waals surface area contributed by atoms with Crippen LogP contribution in [-0.4, -0.2) is 22.5 Å². The van der Waals surface area contributed by atoms with Crippen LogP contribution in [0.2, 0.25) is 0 Å². The van der Waals surface area contributed by atoms with Crippen LogP contribution in [-0.2, 0) is 9.59 Å². The molecular weight excluding hydrogens is 366 g/mol. The number of thioether (sulfide) groups is 1. The van der Waals surface area contributed by atoms with E-state index in [0.717, 1.165) is 23.4 Å². The van der Waals surface area contributed by atoms with E-state index in [1.54, 1.807) is 12.1 Å². The zero-order valence-corrected chi connectivity index (χ0v) is 15.8. The van der Waals surface area contributed by atoms with Gasteiger partial charge in [0.25, 0.3) is 5.69 Å². The number of nitrogens with zero attached hydrogens (tertiary/aromatic N) is 1. The molecule has 0 aliphatic rings. The zero-order valence-electron chi connectivity index (χ0n) is 14.9. The van der Waals surface area contributed by atoms with E-state index in [2.05, 4.69) is 10.6 Å². The molecule has 0 heterocycles. The highest BCUT2D eigenvalue weighted by Gasteiger charge is 2.07. The van der Waals surface area contributed by atoms with Crippen LogP contribution < -0.4 is 10.6 Å². The largest absolute Gasteiger partial charge is 0.326 e. The molecule has 0 spiro atoms. The topological polar surface area (TPSA) is 101 Å². The van der Waals surface area contributed by atoms with Gasteiger partial charge in [-0.1, -0.05) is 13.3 Å². The Bertz CT molecular complexity index is 792. The van der Waals surface area contributed by atoms with E-state index in [1.165, 1.54) is 36.0 Å². The second kappa shape index (κ2) is 10.3. The standard InChI is InChI=1S/C19H21N3O4S/c1-2-3-4-18(23)20-15-7-11-17(12-8-15)27-13-19(24)21-14-5-9-16(10-6-14)22(25)26/h5-12H,2-4,13H2,1H3,(H,20,23)(H,21,24). The minimum atomic E-state index is -0.489. The Labute approximate surface area is 161 Å². The van der Waals surface area contributed by atoms with Gasteiger partial charge in [0.2, 0.25) is 11.8 Å². The van der Waals surface area contributed by atoms with E-state index < -0.39 is 4.92 Å². The number of amides is 2. The number of carbonyl (C=O) groups is 2. The van der Waals surface area contributed by atoms with Crippen LogP contribution in [0.4, 0.5) is 17.1 Å². The molecule has 0 unspecified atom stereocenters.